The highest BCUT2D eigenvalue weighted by molar-refractivity contribution is 5.69. The van der Waals surface area contributed by atoms with Crippen LogP contribution >= 0.6 is 0 Å². The van der Waals surface area contributed by atoms with E-state index in [2.05, 4.69) is 10.1 Å². The molecule has 2 rings (SSSR count). The average molecular weight is 174 g/mol. The molecule has 2 aromatic rings. The minimum atomic E-state index is 0.654. The van der Waals surface area contributed by atoms with Gasteiger partial charge in [0.25, 0.3) is 0 Å². The van der Waals surface area contributed by atoms with Gasteiger partial charge in [0.2, 0.25) is 0 Å². The maximum Gasteiger partial charge on any atom is 0.109 e. The van der Waals surface area contributed by atoms with Gasteiger partial charge >= 0.3 is 0 Å². The summed E-state index contributed by atoms with van der Waals surface area (Å²) in [6, 6.07) is 5.71. The van der Waals surface area contributed by atoms with Gasteiger partial charge in [-0.3, -0.25) is 9.67 Å². The molecule has 0 fully saturated rings. The molecule has 4 nitrogen and oxygen atoms in total. The number of nitrogen functional groups attached to an aromatic ring is 1. The number of nitrogens with zero attached hydrogens (tertiary/aromatic N) is 3. The monoisotopic (exact) mass is 174 g/mol. The van der Waals surface area contributed by atoms with Crippen molar-refractivity contribution in [1.29, 1.82) is 0 Å². The lowest BCUT2D eigenvalue weighted by molar-refractivity contribution is 0.773. The van der Waals surface area contributed by atoms with Gasteiger partial charge in [0, 0.05) is 13.2 Å². The van der Waals surface area contributed by atoms with Crippen molar-refractivity contribution >= 4 is 5.69 Å². The summed E-state index contributed by atoms with van der Waals surface area (Å²) in [6.07, 6.45) is 3.37. The lowest BCUT2D eigenvalue weighted by Gasteiger charge is -2.01. The van der Waals surface area contributed by atoms with Crippen molar-refractivity contribution in [2.24, 2.45) is 7.05 Å². The Labute approximate surface area is 76.0 Å². The Morgan fingerprint density at radius 3 is 2.77 bits per heavy atom. The van der Waals surface area contributed by atoms with Crippen LogP contribution in [0, 0.1) is 0 Å². The topological polar surface area (TPSA) is 56.7 Å². The fourth-order valence-electron chi connectivity index (χ4n) is 1.27. The van der Waals surface area contributed by atoms with Crippen LogP contribution in [0.3, 0.4) is 0 Å². The van der Waals surface area contributed by atoms with E-state index in [4.69, 9.17) is 5.73 Å². The summed E-state index contributed by atoms with van der Waals surface area (Å²) in [5.74, 6) is 0. The molecule has 4 heteroatoms. The molecule has 2 heterocycles. The van der Waals surface area contributed by atoms with Crippen molar-refractivity contribution in [1.82, 2.24) is 14.8 Å². The first kappa shape index (κ1) is 7.79. The molecule has 0 aliphatic heterocycles. The Kier molecular flexibility index (Phi) is 1.73. The summed E-state index contributed by atoms with van der Waals surface area (Å²) in [4.78, 5) is 4.20. The number of hydrogen-bond donors (Lipinski definition) is 1. The summed E-state index contributed by atoms with van der Waals surface area (Å²) >= 11 is 0. The van der Waals surface area contributed by atoms with Crippen LogP contribution in [0.1, 0.15) is 0 Å². The number of aromatic nitrogens is 3. The Bertz CT molecular complexity index is 385. The highest BCUT2D eigenvalue weighted by Gasteiger charge is 2.07. The maximum atomic E-state index is 5.75. The van der Waals surface area contributed by atoms with Crippen molar-refractivity contribution in [3.63, 3.8) is 0 Å². The van der Waals surface area contributed by atoms with Crippen LogP contribution in [0.2, 0.25) is 0 Å². The van der Waals surface area contributed by atoms with Crippen LogP contribution in [-0.4, -0.2) is 14.8 Å². The number of rotatable bonds is 1. The molecular weight excluding hydrogens is 164 g/mol. The average Bonchev–Trinajstić information content (AvgIpc) is 2.48. The second-order valence-corrected chi connectivity index (χ2v) is 2.79. The van der Waals surface area contributed by atoms with Crippen LogP contribution in [0.15, 0.2) is 30.6 Å². The molecule has 0 aromatic carbocycles. The van der Waals surface area contributed by atoms with Gasteiger partial charge in [-0.15, -0.1) is 0 Å². The van der Waals surface area contributed by atoms with E-state index in [-0.39, 0.29) is 0 Å². The molecule has 0 spiro atoms. The number of aryl methyl sites for hydroxylation is 1. The van der Waals surface area contributed by atoms with Gasteiger partial charge < -0.3 is 5.73 Å². The molecule has 66 valence electrons. The third-order valence-corrected chi connectivity index (χ3v) is 1.87. The van der Waals surface area contributed by atoms with Crippen LogP contribution < -0.4 is 5.73 Å². The Balaban J connectivity index is 2.59. The summed E-state index contributed by atoms with van der Waals surface area (Å²) < 4.78 is 1.72. The van der Waals surface area contributed by atoms with E-state index in [0.29, 0.717) is 5.69 Å². The fourth-order valence-corrected chi connectivity index (χ4v) is 1.27. The zero-order valence-corrected chi connectivity index (χ0v) is 7.31. The molecule has 2 aromatic heterocycles. The molecule has 0 aliphatic rings. The van der Waals surface area contributed by atoms with Gasteiger partial charge in [-0.25, -0.2) is 0 Å². The third kappa shape index (κ3) is 1.26. The zero-order valence-electron chi connectivity index (χ0n) is 7.31. The van der Waals surface area contributed by atoms with E-state index >= 15 is 0 Å². The predicted octanol–water partition coefficient (Wildman–Crippen LogP) is 1.06. The molecular formula is C9H10N4. The van der Waals surface area contributed by atoms with Gasteiger partial charge in [0.15, 0.2) is 0 Å². The first-order valence-corrected chi connectivity index (χ1v) is 3.98. The van der Waals surface area contributed by atoms with E-state index in [0.717, 1.165) is 11.4 Å². The van der Waals surface area contributed by atoms with E-state index in [1.165, 1.54) is 0 Å². The second kappa shape index (κ2) is 2.90. The summed E-state index contributed by atoms with van der Waals surface area (Å²) in [7, 11) is 1.85. The molecule has 0 bridgehead atoms. The van der Waals surface area contributed by atoms with Crippen LogP contribution in [0.5, 0.6) is 0 Å². The van der Waals surface area contributed by atoms with Crippen molar-refractivity contribution < 1.29 is 0 Å². The standard InChI is InChI=1S/C9H10N4/c1-13-9(7(10)6-12-13)8-4-2-3-5-11-8/h2-6H,10H2,1H3. The van der Waals surface area contributed by atoms with E-state index in [1.54, 1.807) is 17.1 Å². The normalized spacial score (nSPS) is 10.2. The largest absolute Gasteiger partial charge is 0.396 e. The van der Waals surface area contributed by atoms with Crippen LogP contribution in [-0.2, 0) is 7.05 Å². The first-order chi connectivity index (χ1) is 6.29. The fraction of sp³-hybridized carbons (Fsp3) is 0.111. The van der Waals surface area contributed by atoms with Gasteiger partial charge in [0.05, 0.1) is 17.6 Å². The van der Waals surface area contributed by atoms with Crippen molar-refractivity contribution in [2.75, 3.05) is 5.73 Å². The molecule has 13 heavy (non-hydrogen) atoms. The summed E-state index contributed by atoms with van der Waals surface area (Å²) in [5, 5.41) is 4.04. The first-order valence-electron chi connectivity index (χ1n) is 3.98. The maximum absolute atomic E-state index is 5.75. The third-order valence-electron chi connectivity index (χ3n) is 1.87. The lowest BCUT2D eigenvalue weighted by Crippen LogP contribution is -1.96. The molecule has 0 unspecified atom stereocenters. The van der Waals surface area contributed by atoms with Gasteiger partial charge in [0.1, 0.15) is 5.69 Å². The molecule has 0 atom stereocenters. The quantitative estimate of drug-likeness (QED) is 0.703. The van der Waals surface area contributed by atoms with Crippen molar-refractivity contribution in [3.8, 4) is 11.4 Å². The van der Waals surface area contributed by atoms with Crippen molar-refractivity contribution in [2.45, 2.75) is 0 Å². The number of anilines is 1. The predicted molar refractivity (Wildman–Crippen MR) is 50.9 cm³/mol. The number of hydrogen-bond acceptors (Lipinski definition) is 3. The minimum Gasteiger partial charge on any atom is -0.396 e. The van der Waals surface area contributed by atoms with Gasteiger partial charge in [-0.05, 0) is 12.1 Å². The highest BCUT2D eigenvalue weighted by Crippen LogP contribution is 2.21. The molecule has 2 N–H and O–H groups in total. The molecule has 0 amide bonds. The number of pyridine rings is 1. The van der Waals surface area contributed by atoms with E-state index < -0.39 is 0 Å². The molecule has 0 radical (unpaired) electrons. The van der Waals surface area contributed by atoms with E-state index in [1.807, 2.05) is 25.2 Å². The van der Waals surface area contributed by atoms with E-state index in [9.17, 15) is 0 Å². The molecule has 0 saturated carbocycles. The Morgan fingerprint density at radius 1 is 1.38 bits per heavy atom. The molecule has 0 saturated heterocycles. The highest BCUT2D eigenvalue weighted by atomic mass is 15.3. The van der Waals surface area contributed by atoms with Gasteiger partial charge in [-0.1, -0.05) is 6.07 Å². The Hall–Kier alpha value is -1.84. The van der Waals surface area contributed by atoms with Gasteiger partial charge in [-0.2, -0.15) is 5.10 Å². The lowest BCUT2D eigenvalue weighted by atomic mass is 10.2. The molecule has 0 aliphatic carbocycles. The van der Waals surface area contributed by atoms with Crippen LogP contribution in [0.4, 0.5) is 5.69 Å². The Morgan fingerprint density at radius 2 is 2.23 bits per heavy atom. The zero-order chi connectivity index (χ0) is 9.26. The van der Waals surface area contributed by atoms with Crippen LogP contribution in [0.25, 0.3) is 11.4 Å². The second-order valence-electron chi connectivity index (χ2n) is 2.79. The summed E-state index contributed by atoms with van der Waals surface area (Å²) in [6.45, 7) is 0. The minimum absolute atomic E-state index is 0.654. The summed E-state index contributed by atoms with van der Waals surface area (Å²) in [5.41, 5.74) is 8.11. The SMILES string of the molecule is Cn1ncc(N)c1-c1ccccn1. The smallest absolute Gasteiger partial charge is 0.109 e. The van der Waals surface area contributed by atoms with Crippen molar-refractivity contribution in [3.05, 3.63) is 30.6 Å². The number of nitrogens with two attached hydrogens (primary N) is 1.